The van der Waals surface area contributed by atoms with Crippen molar-refractivity contribution >= 4 is 17.4 Å². The van der Waals surface area contributed by atoms with Crippen LogP contribution in [-0.4, -0.2) is 25.1 Å². The fourth-order valence-corrected chi connectivity index (χ4v) is 2.91. The molecule has 3 rings (SSSR count). The smallest absolute Gasteiger partial charge is 0.195 e. The molecule has 2 aromatic heterocycles. The van der Waals surface area contributed by atoms with E-state index in [1.807, 2.05) is 40.6 Å². The van der Waals surface area contributed by atoms with Crippen LogP contribution in [0.15, 0.2) is 42.9 Å². The van der Waals surface area contributed by atoms with Gasteiger partial charge in [-0.25, -0.2) is 4.98 Å². The highest BCUT2D eigenvalue weighted by Crippen LogP contribution is 2.24. The zero-order valence-electron chi connectivity index (χ0n) is 13.8. The topological polar surface area (TPSA) is 76.5 Å². The van der Waals surface area contributed by atoms with Gasteiger partial charge in [0.2, 0.25) is 0 Å². The molecular formula is C18H16ClN5O. The number of aromatic nitrogens is 4. The van der Waals surface area contributed by atoms with Gasteiger partial charge in [-0.1, -0.05) is 17.7 Å². The monoisotopic (exact) mass is 353 g/mol. The molecule has 1 atom stereocenters. The average molecular weight is 354 g/mol. The number of hydrogen-bond donors (Lipinski definition) is 0. The van der Waals surface area contributed by atoms with Gasteiger partial charge in [-0.15, -0.1) is 0 Å². The largest absolute Gasteiger partial charge is 0.324 e. The summed E-state index contributed by atoms with van der Waals surface area (Å²) in [5.74, 6) is 0.379. The van der Waals surface area contributed by atoms with Crippen molar-refractivity contribution in [2.45, 2.75) is 26.4 Å². The molecule has 1 aromatic carbocycles. The number of carbonyl (C=O) groups excluding carboxylic acids is 1. The van der Waals surface area contributed by atoms with Crippen molar-refractivity contribution in [3.8, 4) is 17.3 Å². The van der Waals surface area contributed by atoms with E-state index in [4.69, 9.17) is 16.9 Å². The third kappa shape index (κ3) is 3.47. The molecule has 25 heavy (non-hydrogen) atoms. The first-order chi connectivity index (χ1) is 12.0. The van der Waals surface area contributed by atoms with Crippen molar-refractivity contribution in [3.05, 3.63) is 59.3 Å². The molecule has 0 N–H and O–H groups in total. The first-order valence-corrected chi connectivity index (χ1v) is 8.14. The number of hydrogen-bond acceptors (Lipinski definition) is 4. The van der Waals surface area contributed by atoms with Gasteiger partial charge in [-0.3, -0.25) is 9.48 Å². The van der Waals surface area contributed by atoms with Crippen LogP contribution in [0.4, 0.5) is 0 Å². The number of nitriles is 1. The van der Waals surface area contributed by atoms with Gasteiger partial charge < -0.3 is 4.57 Å². The second kappa shape index (κ2) is 6.91. The number of nitrogens with zero attached hydrogens (tertiary/aromatic N) is 5. The highest BCUT2D eigenvalue weighted by atomic mass is 35.5. The number of rotatable bonds is 5. The summed E-state index contributed by atoms with van der Waals surface area (Å²) < 4.78 is 3.66. The third-order valence-corrected chi connectivity index (χ3v) is 4.25. The lowest BCUT2D eigenvalue weighted by atomic mass is 10.1. The van der Waals surface area contributed by atoms with Crippen molar-refractivity contribution in [3.63, 3.8) is 0 Å². The molecule has 0 aliphatic carbocycles. The average Bonchev–Trinajstić information content (AvgIpc) is 3.24. The molecule has 0 aliphatic rings. The van der Waals surface area contributed by atoms with Gasteiger partial charge in [0.15, 0.2) is 11.6 Å². The minimum atomic E-state index is -0.0646. The fraction of sp³-hybridized carbons (Fsp3) is 0.222. The van der Waals surface area contributed by atoms with Gasteiger partial charge in [0.05, 0.1) is 28.9 Å². The lowest BCUT2D eigenvalue weighted by molar-refractivity contribution is 0.0997. The summed E-state index contributed by atoms with van der Waals surface area (Å²) in [5, 5.41) is 13.9. The molecule has 2 heterocycles. The van der Waals surface area contributed by atoms with E-state index in [1.165, 1.54) is 6.92 Å². The number of ketones is 1. The maximum absolute atomic E-state index is 11.6. The number of benzene rings is 1. The van der Waals surface area contributed by atoms with E-state index in [9.17, 15) is 4.79 Å². The quantitative estimate of drug-likeness (QED) is 0.655. The van der Waals surface area contributed by atoms with E-state index in [0.29, 0.717) is 23.0 Å². The van der Waals surface area contributed by atoms with Crippen molar-refractivity contribution in [2.24, 2.45) is 0 Å². The third-order valence-electron chi connectivity index (χ3n) is 3.94. The van der Waals surface area contributed by atoms with Crippen molar-refractivity contribution < 1.29 is 4.79 Å². The van der Waals surface area contributed by atoms with E-state index in [-0.39, 0.29) is 11.8 Å². The first kappa shape index (κ1) is 16.9. The van der Waals surface area contributed by atoms with Crippen molar-refractivity contribution in [1.82, 2.24) is 19.3 Å². The maximum atomic E-state index is 11.6. The Hall–Kier alpha value is -2.91. The number of Topliss-reactive ketones (excluding diaryl/α,β-unsaturated/α-hetero) is 1. The molecule has 6 nitrogen and oxygen atoms in total. The van der Waals surface area contributed by atoms with Crippen LogP contribution in [0.3, 0.4) is 0 Å². The van der Waals surface area contributed by atoms with Crippen LogP contribution in [-0.2, 0) is 6.54 Å². The lowest BCUT2D eigenvalue weighted by Gasteiger charge is -2.15. The zero-order chi connectivity index (χ0) is 18.0. The normalized spacial score (nSPS) is 11.9. The standard InChI is InChI=1S/C18H16ClN5O/c1-12(24-8-6-21-18(24)13(2)25)11-23-7-5-17(22-23)14-3-4-15(10-20)16(19)9-14/h3-9,12H,11H2,1-2H3/t12-/m0/s1. The Morgan fingerprint density at radius 3 is 2.84 bits per heavy atom. The van der Waals surface area contributed by atoms with Crippen LogP contribution < -0.4 is 0 Å². The summed E-state index contributed by atoms with van der Waals surface area (Å²) in [4.78, 5) is 15.7. The van der Waals surface area contributed by atoms with Gasteiger partial charge in [0.1, 0.15) is 6.07 Å². The molecule has 0 saturated heterocycles. The van der Waals surface area contributed by atoms with Crippen molar-refractivity contribution in [1.29, 1.82) is 5.26 Å². The Kier molecular flexibility index (Phi) is 4.68. The van der Waals surface area contributed by atoms with Crippen LogP contribution in [0.2, 0.25) is 5.02 Å². The molecule has 126 valence electrons. The van der Waals surface area contributed by atoms with Gasteiger partial charge in [-0.2, -0.15) is 10.4 Å². The maximum Gasteiger partial charge on any atom is 0.195 e. The fourth-order valence-electron chi connectivity index (χ4n) is 2.68. The number of halogens is 1. The minimum Gasteiger partial charge on any atom is -0.324 e. The molecule has 0 aliphatic heterocycles. The summed E-state index contributed by atoms with van der Waals surface area (Å²) in [5.41, 5.74) is 2.06. The molecule has 0 amide bonds. The Bertz CT molecular complexity index is 966. The van der Waals surface area contributed by atoms with Crippen LogP contribution in [0.1, 0.15) is 36.1 Å². The summed E-state index contributed by atoms with van der Waals surface area (Å²) >= 11 is 6.09. The van der Waals surface area contributed by atoms with Gasteiger partial charge in [0, 0.05) is 31.1 Å². The van der Waals surface area contributed by atoms with E-state index >= 15 is 0 Å². The SMILES string of the molecule is CC(=O)c1nccn1[C@@H](C)Cn1ccc(-c2ccc(C#N)c(Cl)c2)n1. The molecule has 0 radical (unpaired) electrons. The lowest BCUT2D eigenvalue weighted by Crippen LogP contribution is -2.17. The zero-order valence-corrected chi connectivity index (χ0v) is 14.6. The molecule has 0 bridgehead atoms. The summed E-state index contributed by atoms with van der Waals surface area (Å²) in [6, 6.07) is 9.21. The van der Waals surface area contributed by atoms with Crippen LogP contribution in [0, 0.1) is 11.3 Å². The number of imidazole rings is 1. The Balaban J connectivity index is 1.80. The molecule has 0 unspecified atom stereocenters. The van der Waals surface area contributed by atoms with Gasteiger partial charge >= 0.3 is 0 Å². The molecular weight excluding hydrogens is 338 g/mol. The van der Waals surface area contributed by atoms with Gasteiger partial charge in [0.25, 0.3) is 0 Å². The van der Waals surface area contributed by atoms with E-state index in [2.05, 4.69) is 10.1 Å². The van der Waals surface area contributed by atoms with Crippen molar-refractivity contribution in [2.75, 3.05) is 0 Å². The summed E-state index contributed by atoms with van der Waals surface area (Å²) in [6.45, 7) is 4.11. The summed E-state index contributed by atoms with van der Waals surface area (Å²) in [6.07, 6.45) is 5.30. The van der Waals surface area contributed by atoms with Crippen LogP contribution in [0.5, 0.6) is 0 Å². The molecule has 7 heteroatoms. The number of carbonyl (C=O) groups is 1. The Morgan fingerprint density at radius 2 is 2.16 bits per heavy atom. The first-order valence-electron chi connectivity index (χ1n) is 7.77. The van der Waals surface area contributed by atoms with E-state index < -0.39 is 0 Å². The predicted octanol–water partition coefficient (Wildman–Crippen LogP) is 3.74. The highest BCUT2D eigenvalue weighted by Gasteiger charge is 2.14. The summed E-state index contributed by atoms with van der Waals surface area (Å²) in [7, 11) is 0. The van der Waals surface area contributed by atoms with Crippen LogP contribution in [0.25, 0.3) is 11.3 Å². The van der Waals surface area contributed by atoms with E-state index in [0.717, 1.165) is 11.3 Å². The van der Waals surface area contributed by atoms with Gasteiger partial charge in [-0.05, 0) is 25.1 Å². The highest BCUT2D eigenvalue weighted by molar-refractivity contribution is 6.32. The molecule has 0 saturated carbocycles. The minimum absolute atomic E-state index is 0.0266. The second-order valence-corrected chi connectivity index (χ2v) is 6.20. The Labute approximate surface area is 150 Å². The second-order valence-electron chi connectivity index (χ2n) is 5.79. The Morgan fingerprint density at radius 1 is 1.36 bits per heavy atom. The van der Waals surface area contributed by atoms with Crippen LogP contribution >= 0.6 is 11.6 Å². The molecule has 0 spiro atoms. The predicted molar refractivity (Wildman–Crippen MR) is 94.3 cm³/mol. The molecule has 0 fully saturated rings. The van der Waals surface area contributed by atoms with E-state index in [1.54, 1.807) is 24.5 Å². The molecule has 3 aromatic rings.